The van der Waals surface area contributed by atoms with Gasteiger partial charge in [-0.3, -0.25) is 9.36 Å². The minimum Gasteiger partial charge on any atom is -0.338 e. The lowest BCUT2D eigenvalue weighted by molar-refractivity contribution is 0.382. The fourth-order valence-corrected chi connectivity index (χ4v) is 3.66. The smallest absolute Gasteiger partial charge is 0.266 e. The first-order valence-corrected chi connectivity index (χ1v) is 10.0. The first-order chi connectivity index (χ1) is 14.1. The zero-order valence-corrected chi connectivity index (χ0v) is 16.7. The average molecular weight is 403 g/mol. The van der Waals surface area contributed by atoms with E-state index in [9.17, 15) is 4.79 Å². The van der Waals surface area contributed by atoms with Crippen LogP contribution in [0.25, 0.3) is 16.6 Å². The number of fused-ring (bicyclic) bond motifs is 1. The van der Waals surface area contributed by atoms with Gasteiger partial charge in [0.15, 0.2) is 11.0 Å². The Morgan fingerprint density at radius 1 is 1.14 bits per heavy atom. The summed E-state index contributed by atoms with van der Waals surface area (Å²) in [5.41, 5.74) is 1.62. The number of nitriles is 1. The number of aromatic nitrogens is 4. The van der Waals surface area contributed by atoms with Crippen LogP contribution >= 0.6 is 11.8 Å². The maximum absolute atomic E-state index is 13.2. The monoisotopic (exact) mass is 403 g/mol. The zero-order valence-electron chi connectivity index (χ0n) is 15.9. The Bertz CT molecular complexity index is 1270. The van der Waals surface area contributed by atoms with E-state index < -0.39 is 0 Å². The van der Waals surface area contributed by atoms with Crippen molar-refractivity contribution in [3.8, 4) is 11.8 Å². The number of hydrogen-bond acceptors (Lipinski definition) is 7. The van der Waals surface area contributed by atoms with Crippen LogP contribution in [0.5, 0.6) is 0 Å². The van der Waals surface area contributed by atoms with Crippen LogP contribution in [0.4, 0.5) is 0 Å². The van der Waals surface area contributed by atoms with Crippen LogP contribution < -0.4 is 5.56 Å². The Kier molecular flexibility index (Phi) is 5.14. The van der Waals surface area contributed by atoms with Gasteiger partial charge >= 0.3 is 0 Å². The summed E-state index contributed by atoms with van der Waals surface area (Å²) in [6, 6.07) is 16.2. The normalized spacial score (nSPS) is 11.1. The number of para-hydroxylation sites is 1. The molecule has 2 aromatic carbocycles. The molecule has 2 aromatic heterocycles. The summed E-state index contributed by atoms with van der Waals surface area (Å²) < 4.78 is 6.86. The minimum absolute atomic E-state index is 0.170. The van der Waals surface area contributed by atoms with Crippen molar-refractivity contribution in [3.05, 3.63) is 76.2 Å². The van der Waals surface area contributed by atoms with E-state index in [4.69, 9.17) is 9.78 Å². The van der Waals surface area contributed by atoms with Gasteiger partial charge in [-0.15, -0.1) is 0 Å². The van der Waals surface area contributed by atoms with E-state index in [1.54, 1.807) is 34.9 Å². The number of hydrogen-bond donors (Lipinski definition) is 0. The van der Waals surface area contributed by atoms with Gasteiger partial charge in [0.05, 0.1) is 34.0 Å². The number of thioether (sulfide) groups is 1. The predicted molar refractivity (Wildman–Crippen MR) is 110 cm³/mol. The van der Waals surface area contributed by atoms with Gasteiger partial charge in [-0.2, -0.15) is 10.2 Å². The summed E-state index contributed by atoms with van der Waals surface area (Å²) in [4.78, 5) is 22.3. The lowest BCUT2D eigenvalue weighted by Crippen LogP contribution is -2.21. The van der Waals surface area contributed by atoms with Gasteiger partial charge in [0.25, 0.3) is 5.56 Å². The average Bonchev–Trinajstić information content (AvgIpc) is 3.22. The third-order valence-corrected chi connectivity index (χ3v) is 5.25. The van der Waals surface area contributed by atoms with Crippen molar-refractivity contribution < 1.29 is 4.52 Å². The van der Waals surface area contributed by atoms with E-state index in [0.29, 0.717) is 44.8 Å². The van der Waals surface area contributed by atoms with E-state index in [2.05, 4.69) is 21.2 Å². The van der Waals surface area contributed by atoms with Crippen molar-refractivity contribution in [2.75, 3.05) is 0 Å². The lowest BCUT2D eigenvalue weighted by Gasteiger charge is -2.12. The molecule has 0 unspecified atom stereocenters. The van der Waals surface area contributed by atoms with E-state index in [1.807, 2.05) is 32.0 Å². The molecule has 0 aliphatic rings. The molecule has 144 valence electrons. The van der Waals surface area contributed by atoms with Crippen molar-refractivity contribution >= 4 is 22.7 Å². The van der Waals surface area contributed by atoms with E-state index in [0.717, 1.165) is 0 Å². The Labute approximate surface area is 171 Å². The molecule has 0 spiro atoms. The third kappa shape index (κ3) is 3.77. The number of benzene rings is 2. The first kappa shape index (κ1) is 18.9. The lowest BCUT2D eigenvalue weighted by atomic mass is 10.2. The van der Waals surface area contributed by atoms with Gasteiger partial charge in [0, 0.05) is 5.92 Å². The van der Waals surface area contributed by atoms with Gasteiger partial charge in [0.2, 0.25) is 5.89 Å². The molecular formula is C21H17N5O2S. The maximum atomic E-state index is 13.2. The summed E-state index contributed by atoms with van der Waals surface area (Å²) >= 11 is 1.35. The molecule has 2 heterocycles. The van der Waals surface area contributed by atoms with Gasteiger partial charge in [0.1, 0.15) is 0 Å². The highest BCUT2D eigenvalue weighted by atomic mass is 32.2. The molecule has 4 aromatic rings. The largest absolute Gasteiger partial charge is 0.338 e. The molecule has 0 N–H and O–H groups in total. The van der Waals surface area contributed by atoms with Crippen LogP contribution in [-0.2, 0) is 5.75 Å². The number of nitrogens with zero attached hydrogens (tertiary/aromatic N) is 5. The molecule has 0 aliphatic heterocycles. The van der Waals surface area contributed by atoms with Crippen molar-refractivity contribution in [1.82, 2.24) is 19.7 Å². The Morgan fingerprint density at radius 2 is 1.90 bits per heavy atom. The summed E-state index contributed by atoms with van der Waals surface area (Å²) in [7, 11) is 0. The Hall–Kier alpha value is -3.44. The fraction of sp³-hybridized carbons (Fsp3) is 0.190. The Morgan fingerprint density at radius 3 is 2.59 bits per heavy atom. The molecule has 8 heteroatoms. The molecule has 0 radical (unpaired) electrons. The van der Waals surface area contributed by atoms with Crippen molar-refractivity contribution in [2.24, 2.45) is 0 Å². The standard InChI is InChI=1S/C21H17N5O2S/c1-13(2)19-24-18(28-25-19)12-29-21-23-17-6-4-3-5-16(17)20(27)26(21)15-9-7-14(11-22)8-10-15/h3-10,13H,12H2,1-2H3. The van der Waals surface area contributed by atoms with Crippen LogP contribution in [-0.4, -0.2) is 19.7 Å². The molecule has 7 nitrogen and oxygen atoms in total. The van der Waals surface area contributed by atoms with Crippen molar-refractivity contribution in [3.63, 3.8) is 0 Å². The van der Waals surface area contributed by atoms with Crippen LogP contribution in [0.2, 0.25) is 0 Å². The molecule has 4 rings (SSSR count). The van der Waals surface area contributed by atoms with Gasteiger partial charge in [-0.05, 0) is 36.4 Å². The molecule has 0 aliphatic carbocycles. The quantitative estimate of drug-likeness (QED) is 0.366. The first-order valence-electron chi connectivity index (χ1n) is 9.04. The second kappa shape index (κ2) is 7.89. The molecule has 0 atom stereocenters. The second-order valence-corrected chi connectivity index (χ2v) is 7.64. The molecule has 0 saturated carbocycles. The highest BCUT2D eigenvalue weighted by Gasteiger charge is 2.16. The molecule has 29 heavy (non-hydrogen) atoms. The highest BCUT2D eigenvalue weighted by Crippen LogP contribution is 2.25. The summed E-state index contributed by atoms with van der Waals surface area (Å²) in [5, 5.41) is 14.1. The minimum atomic E-state index is -0.170. The Balaban J connectivity index is 1.78. The molecule has 0 fully saturated rings. The summed E-state index contributed by atoms with van der Waals surface area (Å²) in [6.45, 7) is 3.99. The topological polar surface area (TPSA) is 97.6 Å². The van der Waals surface area contributed by atoms with Gasteiger partial charge < -0.3 is 4.52 Å². The van der Waals surface area contributed by atoms with Crippen LogP contribution in [0.15, 0.2) is 63.0 Å². The molecule has 0 saturated heterocycles. The van der Waals surface area contributed by atoms with Gasteiger partial charge in [-0.1, -0.05) is 42.9 Å². The van der Waals surface area contributed by atoms with Crippen LogP contribution in [0.1, 0.15) is 37.0 Å². The number of rotatable bonds is 5. The van der Waals surface area contributed by atoms with E-state index in [-0.39, 0.29) is 11.5 Å². The predicted octanol–water partition coefficient (Wildman–Crippen LogP) is 4.06. The van der Waals surface area contributed by atoms with E-state index >= 15 is 0 Å². The SMILES string of the molecule is CC(C)c1noc(CSc2nc3ccccc3c(=O)n2-c2ccc(C#N)cc2)n1. The van der Waals surface area contributed by atoms with Crippen LogP contribution in [0.3, 0.4) is 0 Å². The summed E-state index contributed by atoms with van der Waals surface area (Å²) in [6.07, 6.45) is 0. The summed E-state index contributed by atoms with van der Waals surface area (Å²) in [5.74, 6) is 1.69. The van der Waals surface area contributed by atoms with Gasteiger partial charge in [-0.25, -0.2) is 4.98 Å². The maximum Gasteiger partial charge on any atom is 0.266 e. The molecule has 0 bridgehead atoms. The molecule has 0 amide bonds. The van der Waals surface area contributed by atoms with Crippen LogP contribution in [0, 0.1) is 11.3 Å². The zero-order chi connectivity index (χ0) is 20.4. The van der Waals surface area contributed by atoms with Crippen molar-refractivity contribution in [2.45, 2.75) is 30.7 Å². The van der Waals surface area contributed by atoms with Crippen molar-refractivity contribution in [1.29, 1.82) is 5.26 Å². The fourth-order valence-electron chi connectivity index (χ4n) is 2.81. The molecular weight excluding hydrogens is 386 g/mol. The third-order valence-electron chi connectivity index (χ3n) is 4.32. The van der Waals surface area contributed by atoms with E-state index in [1.165, 1.54) is 11.8 Å². The highest BCUT2D eigenvalue weighted by molar-refractivity contribution is 7.98. The second-order valence-electron chi connectivity index (χ2n) is 6.70.